The third kappa shape index (κ3) is 6.59. The molecule has 0 saturated heterocycles. The normalized spacial score (nSPS) is 14.7. The van der Waals surface area contributed by atoms with Gasteiger partial charge in [-0.3, -0.25) is 0 Å². The number of rotatable bonds is 9. The molecule has 3 rings (SSSR count). The lowest BCUT2D eigenvalue weighted by Gasteiger charge is -2.30. The van der Waals surface area contributed by atoms with Crippen LogP contribution in [0.5, 0.6) is 0 Å². The third-order valence-corrected chi connectivity index (χ3v) is 9.79. The second kappa shape index (κ2) is 10.3. The van der Waals surface area contributed by atoms with Gasteiger partial charge in [-0.25, -0.2) is 0 Å². The van der Waals surface area contributed by atoms with Crippen molar-refractivity contribution in [3.05, 3.63) is 91.0 Å². The van der Waals surface area contributed by atoms with E-state index in [0.717, 1.165) is 25.7 Å². The molecule has 134 valence electrons. The zero-order chi connectivity index (χ0) is 18.1. The van der Waals surface area contributed by atoms with Crippen LogP contribution < -0.4 is 15.9 Å². The lowest BCUT2D eigenvalue weighted by molar-refractivity contribution is 0.500. The Bertz CT molecular complexity index is 651. The Labute approximate surface area is 163 Å². The van der Waals surface area contributed by atoms with Crippen molar-refractivity contribution in [2.24, 2.45) is 5.41 Å². The molecule has 3 aromatic rings. The molecule has 0 amide bonds. The Kier molecular flexibility index (Phi) is 7.83. The molecule has 3 unspecified atom stereocenters. The molecule has 0 nitrogen and oxygen atoms in total. The van der Waals surface area contributed by atoms with E-state index >= 15 is 0 Å². The Morgan fingerprint density at radius 1 is 0.500 bits per heavy atom. The van der Waals surface area contributed by atoms with Crippen LogP contribution in [-0.2, 0) is 0 Å². The summed E-state index contributed by atoms with van der Waals surface area (Å²) < 4.78 is 0. The van der Waals surface area contributed by atoms with Crippen molar-refractivity contribution in [1.82, 2.24) is 0 Å². The fourth-order valence-corrected chi connectivity index (χ4v) is 7.48. The van der Waals surface area contributed by atoms with Crippen LogP contribution in [0, 0.1) is 5.41 Å². The zero-order valence-electron chi connectivity index (χ0n) is 15.3. The van der Waals surface area contributed by atoms with Gasteiger partial charge in [0.15, 0.2) is 0 Å². The van der Waals surface area contributed by atoms with Gasteiger partial charge in [0.25, 0.3) is 0 Å². The van der Waals surface area contributed by atoms with Crippen molar-refractivity contribution >= 4 is 41.7 Å². The highest BCUT2D eigenvalue weighted by Crippen LogP contribution is 2.36. The predicted molar refractivity (Wildman–Crippen MR) is 126 cm³/mol. The summed E-state index contributed by atoms with van der Waals surface area (Å²) in [5.41, 5.74) is 0.400. The van der Waals surface area contributed by atoms with E-state index < -0.39 is 0 Å². The van der Waals surface area contributed by atoms with Gasteiger partial charge in [0, 0.05) is 0 Å². The van der Waals surface area contributed by atoms with E-state index in [9.17, 15) is 0 Å². The molecular weight excluding hydrogens is 369 g/mol. The third-order valence-electron chi connectivity index (χ3n) is 4.48. The van der Waals surface area contributed by atoms with Crippen molar-refractivity contribution in [3.63, 3.8) is 0 Å². The van der Waals surface area contributed by atoms with Gasteiger partial charge in [-0.1, -0.05) is 124 Å². The molecular formula is C23H27P3. The Hall–Kier alpha value is -1.05. The first-order chi connectivity index (χ1) is 12.7. The smallest absolute Gasteiger partial charge is 0.0206 e. The summed E-state index contributed by atoms with van der Waals surface area (Å²) >= 11 is 0. The van der Waals surface area contributed by atoms with Crippen LogP contribution in [0.15, 0.2) is 91.0 Å². The fraction of sp³-hybridized carbons (Fsp3) is 0.217. The number of benzene rings is 3. The largest absolute Gasteiger partial charge is 0.0898 e. The van der Waals surface area contributed by atoms with E-state index in [0.29, 0.717) is 5.41 Å². The summed E-state index contributed by atoms with van der Waals surface area (Å²) in [4.78, 5) is 0. The van der Waals surface area contributed by atoms with Crippen molar-refractivity contribution in [1.29, 1.82) is 0 Å². The van der Waals surface area contributed by atoms with Crippen LogP contribution in [0.2, 0.25) is 0 Å². The minimum Gasteiger partial charge on any atom is -0.0898 e. The van der Waals surface area contributed by atoms with Gasteiger partial charge in [0.1, 0.15) is 0 Å². The first-order valence-electron chi connectivity index (χ1n) is 9.10. The first-order valence-corrected chi connectivity index (χ1v) is 12.7. The Morgan fingerprint density at radius 2 is 0.769 bits per heavy atom. The van der Waals surface area contributed by atoms with E-state index in [1.165, 1.54) is 34.4 Å². The molecule has 3 heteroatoms. The molecule has 0 aromatic heterocycles. The standard InChI is InChI=1S/C23H27P3/c1-23(17-24-20-11-5-2-6-12-20,18-25-21-13-7-3-8-14-21)19-26-22-15-9-4-10-16-22/h2-16,24-26H,17-19H2,1H3. The molecule has 0 aliphatic carbocycles. The summed E-state index contributed by atoms with van der Waals surface area (Å²) in [7, 11) is 2.70. The maximum absolute atomic E-state index is 2.51. The lowest BCUT2D eigenvalue weighted by atomic mass is 9.99. The van der Waals surface area contributed by atoms with Crippen molar-refractivity contribution in [2.75, 3.05) is 18.5 Å². The summed E-state index contributed by atoms with van der Waals surface area (Å²) in [5, 5.41) is 4.47. The average molecular weight is 396 g/mol. The van der Waals surface area contributed by atoms with E-state index in [-0.39, 0.29) is 0 Å². The molecule has 0 radical (unpaired) electrons. The predicted octanol–water partition coefficient (Wildman–Crippen LogP) is 5.00. The van der Waals surface area contributed by atoms with Crippen molar-refractivity contribution < 1.29 is 0 Å². The van der Waals surface area contributed by atoms with E-state index in [2.05, 4.69) is 97.9 Å². The Balaban J connectivity index is 1.64. The first kappa shape index (κ1) is 19.7. The minimum absolute atomic E-state index is 0.400. The van der Waals surface area contributed by atoms with Gasteiger partial charge in [-0.15, -0.1) is 0 Å². The van der Waals surface area contributed by atoms with Gasteiger partial charge >= 0.3 is 0 Å². The number of hydrogen-bond acceptors (Lipinski definition) is 0. The van der Waals surface area contributed by atoms with Crippen LogP contribution in [0.4, 0.5) is 0 Å². The van der Waals surface area contributed by atoms with E-state index in [1.54, 1.807) is 0 Å². The van der Waals surface area contributed by atoms with Crippen LogP contribution in [0.25, 0.3) is 0 Å². The van der Waals surface area contributed by atoms with E-state index in [1.807, 2.05) is 0 Å². The Morgan fingerprint density at radius 3 is 1.04 bits per heavy atom. The topological polar surface area (TPSA) is 0 Å². The molecule has 3 aromatic carbocycles. The SMILES string of the molecule is CC(CPc1ccccc1)(CPc1ccccc1)CPc1ccccc1. The maximum Gasteiger partial charge on any atom is -0.0206 e. The van der Waals surface area contributed by atoms with Crippen LogP contribution >= 0.6 is 25.7 Å². The summed E-state index contributed by atoms with van der Waals surface area (Å²) in [6.45, 7) is 2.51. The molecule has 0 aliphatic rings. The lowest BCUT2D eigenvalue weighted by Crippen LogP contribution is -2.27. The van der Waals surface area contributed by atoms with Crippen molar-refractivity contribution in [3.8, 4) is 0 Å². The van der Waals surface area contributed by atoms with Gasteiger partial charge in [-0.2, -0.15) is 0 Å². The van der Waals surface area contributed by atoms with Crippen LogP contribution in [-0.4, -0.2) is 18.5 Å². The van der Waals surface area contributed by atoms with Crippen molar-refractivity contribution in [2.45, 2.75) is 6.92 Å². The molecule has 0 fully saturated rings. The molecule has 0 N–H and O–H groups in total. The van der Waals surface area contributed by atoms with Crippen LogP contribution in [0.1, 0.15) is 6.92 Å². The molecule has 26 heavy (non-hydrogen) atoms. The maximum atomic E-state index is 2.51. The number of hydrogen-bond donors (Lipinski definition) is 0. The van der Waals surface area contributed by atoms with Gasteiger partial charge in [0.2, 0.25) is 0 Å². The highest BCUT2D eigenvalue weighted by molar-refractivity contribution is 7.49. The summed E-state index contributed by atoms with van der Waals surface area (Å²) in [5.74, 6) is 0. The highest BCUT2D eigenvalue weighted by Gasteiger charge is 2.24. The molecule has 0 spiro atoms. The molecule has 0 aliphatic heterocycles. The monoisotopic (exact) mass is 396 g/mol. The van der Waals surface area contributed by atoms with Crippen LogP contribution in [0.3, 0.4) is 0 Å². The fourth-order valence-electron chi connectivity index (χ4n) is 2.80. The second-order valence-electron chi connectivity index (χ2n) is 6.97. The van der Waals surface area contributed by atoms with Gasteiger partial charge in [0.05, 0.1) is 0 Å². The molecule has 0 bridgehead atoms. The highest BCUT2D eigenvalue weighted by atomic mass is 31.1. The van der Waals surface area contributed by atoms with E-state index in [4.69, 9.17) is 0 Å². The quantitative estimate of drug-likeness (QED) is 0.447. The minimum atomic E-state index is 0.400. The van der Waals surface area contributed by atoms with Gasteiger partial charge < -0.3 is 0 Å². The summed E-state index contributed by atoms with van der Waals surface area (Å²) in [6, 6.07) is 33.0. The summed E-state index contributed by atoms with van der Waals surface area (Å²) in [6.07, 6.45) is 3.87. The molecule has 0 saturated carbocycles. The second-order valence-corrected chi connectivity index (χ2v) is 10.8. The molecule has 0 heterocycles. The van der Waals surface area contributed by atoms with Gasteiger partial charge in [-0.05, 0) is 39.8 Å². The zero-order valence-corrected chi connectivity index (χ0v) is 18.3. The average Bonchev–Trinajstić information content (AvgIpc) is 2.72. The molecule has 3 atom stereocenters.